The van der Waals surface area contributed by atoms with Crippen LogP contribution in [0.5, 0.6) is 11.6 Å². The number of H-pyrrole nitrogens is 1. The summed E-state index contributed by atoms with van der Waals surface area (Å²) in [6.07, 6.45) is 2.99. The molecule has 4 aromatic rings. The zero-order valence-electron chi connectivity index (χ0n) is 21.6. The van der Waals surface area contributed by atoms with Crippen molar-refractivity contribution >= 4 is 11.6 Å². The Labute approximate surface area is 228 Å². The van der Waals surface area contributed by atoms with Crippen molar-refractivity contribution in [3.8, 4) is 34.0 Å². The fourth-order valence-corrected chi connectivity index (χ4v) is 5.31. The van der Waals surface area contributed by atoms with Crippen LogP contribution in [-0.2, 0) is 6.54 Å². The van der Waals surface area contributed by atoms with E-state index in [4.69, 9.17) is 20.2 Å². The summed E-state index contributed by atoms with van der Waals surface area (Å²) >= 11 is 0. The number of ether oxygens (including phenoxy) is 2. The van der Waals surface area contributed by atoms with Crippen molar-refractivity contribution in [2.45, 2.75) is 31.2 Å². The van der Waals surface area contributed by atoms with Gasteiger partial charge in [0.2, 0.25) is 5.88 Å². The topological polar surface area (TPSA) is 118 Å². The number of halogens is 3. The van der Waals surface area contributed by atoms with Crippen molar-refractivity contribution in [2.24, 2.45) is 0 Å². The van der Waals surface area contributed by atoms with E-state index in [1.54, 1.807) is 13.3 Å². The number of nitrogen functional groups attached to an aromatic ring is 1. The number of aromatic nitrogens is 5. The van der Waals surface area contributed by atoms with Gasteiger partial charge in [0.25, 0.3) is 0 Å². The van der Waals surface area contributed by atoms with Crippen molar-refractivity contribution in [1.82, 2.24) is 30.0 Å². The van der Waals surface area contributed by atoms with Crippen LogP contribution in [0, 0.1) is 0 Å². The first-order valence-corrected chi connectivity index (χ1v) is 12.7. The van der Waals surface area contributed by atoms with Gasteiger partial charge in [-0.25, -0.2) is 9.97 Å². The molecule has 0 aliphatic carbocycles. The highest BCUT2D eigenvalue weighted by Gasteiger charge is 2.44. The van der Waals surface area contributed by atoms with Crippen molar-refractivity contribution in [3.05, 3.63) is 60.7 Å². The Kier molecular flexibility index (Phi) is 6.66. The van der Waals surface area contributed by atoms with Crippen LogP contribution in [0.15, 0.2) is 55.1 Å². The van der Waals surface area contributed by atoms with Crippen molar-refractivity contribution in [1.29, 1.82) is 0 Å². The molecule has 208 valence electrons. The number of hydrogen-bond acceptors (Lipinski definition) is 9. The van der Waals surface area contributed by atoms with Gasteiger partial charge < -0.3 is 20.1 Å². The van der Waals surface area contributed by atoms with Gasteiger partial charge in [0.15, 0.2) is 6.61 Å². The molecule has 7 heterocycles. The maximum Gasteiger partial charge on any atom is 0.422 e. The molecule has 0 aromatic carbocycles. The number of hydrogen-bond donors (Lipinski definition) is 2. The molecule has 3 saturated heterocycles. The van der Waals surface area contributed by atoms with E-state index in [-0.39, 0.29) is 5.75 Å². The summed E-state index contributed by atoms with van der Waals surface area (Å²) in [7, 11) is 1.60. The molecule has 7 rings (SSSR count). The second-order valence-electron chi connectivity index (χ2n) is 9.90. The second kappa shape index (κ2) is 10.3. The lowest BCUT2D eigenvalue weighted by Crippen LogP contribution is -2.68. The Hall–Kier alpha value is -4.39. The van der Waals surface area contributed by atoms with E-state index in [0.29, 0.717) is 46.2 Å². The summed E-state index contributed by atoms with van der Waals surface area (Å²) in [5.74, 6) is 1.73. The molecule has 0 saturated carbocycles. The maximum absolute atomic E-state index is 12.7. The van der Waals surface area contributed by atoms with E-state index in [2.05, 4.69) is 30.0 Å². The van der Waals surface area contributed by atoms with Crippen LogP contribution in [0.1, 0.15) is 12.0 Å². The Morgan fingerprint density at radius 2 is 1.82 bits per heavy atom. The third-order valence-corrected chi connectivity index (χ3v) is 7.29. The average molecular weight is 553 g/mol. The van der Waals surface area contributed by atoms with E-state index in [0.717, 1.165) is 37.4 Å². The fourth-order valence-electron chi connectivity index (χ4n) is 5.31. The van der Waals surface area contributed by atoms with Gasteiger partial charge in [-0.1, -0.05) is 6.07 Å². The quantitative estimate of drug-likeness (QED) is 0.335. The summed E-state index contributed by atoms with van der Waals surface area (Å²) in [5, 5.41) is 6.61. The minimum Gasteiger partial charge on any atom is -0.482 e. The molecule has 3 aliphatic rings. The highest BCUT2D eigenvalue weighted by atomic mass is 19.4. The zero-order chi connectivity index (χ0) is 27.9. The monoisotopic (exact) mass is 552 g/mol. The van der Waals surface area contributed by atoms with E-state index in [1.807, 2.05) is 30.5 Å². The van der Waals surface area contributed by atoms with Gasteiger partial charge in [0.1, 0.15) is 17.4 Å². The Morgan fingerprint density at radius 1 is 1.00 bits per heavy atom. The molecule has 2 unspecified atom stereocenters. The van der Waals surface area contributed by atoms with Crippen LogP contribution in [0.2, 0.25) is 0 Å². The fraction of sp³-hybridized carbons (Fsp3) is 0.333. The molecule has 0 spiro atoms. The molecule has 3 N–H and O–H groups in total. The van der Waals surface area contributed by atoms with Gasteiger partial charge in [-0.3, -0.25) is 15.0 Å². The van der Waals surface area contributed by atoms with Crippen LogP contribution in [-0.4, -0.2) is 75.1 Å². The van der Waals surface area contributed by atoms with Gasteiger partial charge in [0, 0.05) is 61.3 Å². The van der Waals surface area contributed by atoms with Gasteiger partial charge in [0.05, 0.1) is 30.8 Å². The molecule has 3 aliphatic heterocycles. The van der Waals surface area contributed by atoms with E-state index in [1.165, 1.54) is 18.5 Å². The molecule has 4 aromatic heterocycles. The minimum absolute atomic E-state index is 0.00881. The first-order valence-electron chi connectivity index (χ1n) is 12.7. The summed E-state index contributed by atoms with van der Waals surface area (Å²) in [6, 6.07) is 10.1. The summed E-state index contributed by atoms with van der Waals surface area (Å²) in [6.45, 7) is 1.13. The van der Waals surface area contributed by atoms with Crippen LogP contribution >= 0.6 is 0 Å². The average Bonchev–Trinajstić information content (AvgIpc) is 3.40. The Morgan fingerprint density at radius 3 is 2.45 bits per heavy atom. The molecule has 0 radical (unpaired) electrons. The minimum atomic E-state index is -4.46. The highest BCUT2D eigenvalue weighted by molar-refractivity contribution is 5.85. The van der Waals surface area contributed by atoms with Crippen LogP contribution < -0.4 is 20.1 Å². The predicted molar refractivity (Wildman–Crippen MR) is 142 cm³/mol. The lowest BCUT2D eigenvalue weighted by molar-refractivity contribution is -0.153. The molecular formula is C27H27F3N8O2. The van der Waals surface area contributed by atoms with Gasteiger partial charge in [-0.05, 0) is 30.2 Å². The number of methoxy groups -OCH3 is 1. The molecule has 40 heavy (non-hydrogen) atoms. The maximum atomic E-state index is 12.7. The number of piperazine rings is 1. The molecule has 13 heteroatoms. The van der Waals surface area contributed by atoms with Crippen molar-refractivity contribution in [2.75, 3.05) is 37.4 Å². The lowest BCUT2D eigenvalue weighted by atomic mass is 9.87. The van der Waals surface area contributed by atoms with Gasteiger partial charge >= 0.3 is 6.18 Å². The van der Waals surface area contributed by atoms with Gasteiger partial charge in [-0.15, -0.1) is 0 Å². The van der Waals surface area contributed by atoms with E-state index >= 15 is 0 Å². The standard InChI is InChI=1S/C27H27F3N8O2/c1-39-24-5-2-16(8-33-24)12-38-18-6-19(38)14-37(13-18)23-4-3-17(9-32-23)21-7-20(40-15-27(28,29)30)10-34-25(21)22-11-35-36-26(22)31/h2-5,7-11,18-19H,6,12-15H2,1H3,(H3,31,35,36). The first-order chi connectivity index (χ1) is 19.3. The number of nitrogens with zero attached hydrogens (tertiary/aromatic N) is 6. The molecule has 2 bridgehead atoms. The third-order valence-electron chi connectivity index (χ3n) is 7.29. The molecule has 3 fully saturated rings. The normalized spacial score (nSPS) is 18.9. The summed E-state index contributed by atoms with van der Waals surface area (Å²) in [4.78, 5) is 18.1. The first kappa shape index (κ1) is 25.9. The second-order valence-corrected chi connectivity index (χ2v) is 9.90. The zero-order valence-corrected chi connectivity index (χ0v) is 21.6. The predicted octanol–water partition coefficient (Wildman–Crippen LogP) is 3.92. The lowest BCUT2D eigenvalue weighted by Gasteiger charge is -2.56. The molecule has 10 nitrogen and oxygen atoms in total. The highest BCUT2D eigenvalue weighted by Crippen LogP contribution is 2.38. The third kappa shape index (κ3) is 5.24. The van der Waals surface area contributed by atoms with Crippen molar-refractivity contribution in [3.63, 3.8) is 0 Å². The van der Waals surface area contributed by atoms with Crippen LogP contribution in [0.25, 0.3) is 22.4 Å². The van der Waals surface area contributed by atoms with Crippen LogP contribution in [0.4, 0.5) is 24.8 Å². The van der Waals surface area contributed by atoms with E-state index < -0.39 is 12.8 Å². The summed E-state index contributed by atoms with van der Waals surface area (Å²) in [5.41, 5.74) is 9.36. The number of piperidine rings is 1. The Bertz CT molecular complexity index is 1460. The van der Waals surface area contributed by atoms with E-state index in [9.17, 15) is 13.2 Å². The Balaban J connectivity index is 1.19. The number of nitrogens with two attached hydrogens (primary N) is 1. The molecular weight excluding hydrogens is 525 g/mol. The van der Waals surface area contributed by atoms with Gasteiger partial charge in [-0.2, -0.15) is 18.3 Å². The summed E-state index contributed by atoms with van der Waals surface area (Å²) < 4.78 is 48.3. The van der Waals surface area contributed by atoms with Crippen molar-refractivity contribution < 1.29 is 22.6 Å². The number of aromatic amines is 1. The van der Waals surface area contributed by atoms with Crippen LogP contribution in [0.3, 0.4) is 0 Å². The number of nitrogens with one attached hydrogen (secondary N) is 1. The number of anilines is 2. The largest absolute Gasteiger partial charge is 0.482 e. The molecule has 0 amide bonds. The number of rotatable bonds is 8. The number of pyridine rings is 3. The number of fused-ring (bicyclic) bond motifs is 2. The molecule has 2 atom stereocenters. The number of alkyl halides is 3. The smallest absolute Gasteiger partial charge is 0.422 e. The SMILES string of the molecule is COc1ccc(CN2C3CC2CN(c2ccc(-c4cc(OCC(F)(F)F)cnc4-c4cn[nH]c4N)cn2)C3)cn1.